The van der Waals surface area contributed by atoms with Crippen molar-refractivity contribution in [3.63, 3.8) is 0 Å². The van der Waals surface area contributed by atoms with Crippen LogP contribution in [0.1, 0.15) is 32.3 Å². The third-order valence-corrected chi connectivity index (χ3v) is 3.88. The van der Waals surface area contributed by atoms with Crippen LogP contribution in [0.15, 0.2) is 24.3 Å². The second kappa shape index (κ2) is 5.67. The number of nitrogens with one attached hydrogen (secondary N) is 2. The van der Waals surface area contributed by atoms with Gasteiger partial charge in [0.25, 0.3) is 0 Å². The lowest BCUT2D eigenvalue weighted by Crippen LogP contribution is -2.53. The van der Waals surface area contributed by atoms with E-state index in [-0.39, 0.29) is 11.1 Å². The van der Waals surface area contributed by atoms with Gasteiger partial charge in [-0.1, -0.05) is 26.0 Å². The first-order valence-corrected chi connectivity index (χ1v) is 6.92. The van der Waals surface area contributed by atoms with Crippen molar-refractivity contribution in [1.29, 1.82) is 0 Å². The summed E-state index contributed by atoms with van der Waals surface area (Å²) in [7, 11) is 0. The maximum absolute atomic E-state index is 12.9. The summed E-state index contributed by atoms with van der Waals surface area (Å²) >= 11 is 0. The van der Waals surface area contributed by atoms with Gasteiger partial charge in [0.05, 0.1) is 17.3 Å². The molecule has 0 bridgehead atoms. The normalized spacial score (nSPS) is 21.9. The maximum Gasteiger partial charge on any atom is 0.418 e. The molecule has 1 aliphatic heterocycles. The fourth-order valence-corrected chi connectivity index (χ4v) is 2.70. The van der Waals surface area contributed by atoms with Crippen molar-refractivity contribution in [1.82, 2.24) is 5.32 Å². The molecule has 1 aromatic rings. The number of piperidine rings is 1. The van der Waals surface area contributed by atoms with Crippen LogP contribution in [0.5, 0.6) is 0 Å². The zero-order chi connectivity index (χ0) is 15.7. The van der Waals surface area contributed by atoms with Crippen LogP contribution in [0.25, 0.3) is 0 Å². The summed E-state index contributed by atoms with van der Waals surface area (Å²) in [6, 6.07) is 4.53. The molecule has 1 heterocycles. The molecule has 1 aliphatic rings. The number of para-hydroxylation sites is 1. The van der Waals surface area contributed by atoms with Crippen LogP contribution in [0.2, 0.25) is 0 Å². The van der Waals surface area contributed by atoms with Gasteiger partial charge in [-0.2, -0.15) is 13.2 Å². The number of amides is 1. The van der Waals surface area contributed by atoms with Crippen molar-refractivity contribution in [3.05, 3.63) is 29.8 Å². The van der Waals surface area contributed by atoms with Crippen LogP contribution in [0.3, 0.4) is 0 Å². The fourth-order valence-electron chi connectivity index (χ4n) is 2.70. The second-order valence-electron chi connectivity index (χ2n) is 6.01. The lowest BCUT2D eigenvalue weighted by molar-refractivity contribution is -0.137. The number of hydrogen-bond donors (Lipinski definition) is 2. The van der Waals surface area contributed by atoms with Crippen molar-refractivity contribution >= 4 is 11.6 Å². The van der Waals surface area contributed by atoms with E-state index >= 15 is 0 Å². The number of rotatable bonds is 2. The molecule has 21 heavy (non-hydrogen) atoms. The monoisotopic (exact) mass is 300 g/mol. The van der Waals surface area contributed by atoms with Crippen LogP contribution >= 0.6 is 0 Å². The maximum atomic E-state index is 12.9. The molecule has 0 aliphatic carbocycles. The molecule has 1 saturated heterocycles. The Morgan fingerprint density at radius 2 is 2.00 bits per heavy atom. The van der Waals surface area contributed by atoms with Gasteiger partial charge in [-0.3, -0.25) is 4.79 Å². The van der Waals surface area contributed by atoms with Crippen LogP contribution in [0.4, 0.5) is 18.9 Å². The number of anilines is 1. The molecule has 0 aromatic heterocycles. The van der Waals surface area contributed by atoms with Crippen LogP contribution < -0.4 is 10.6 Å². The number of carbonyl (C=O) groups is 1. The molecular formula is C15H19F3N2O. The summed E-state index contributed by atoms with van der Waals surface area (Å²) in [6.07, 6.45) is -2.67. The average Bonchev–Trinajstić information content (AvgIpc) is 2.37. The Kier molecular flexibility index (Phi) is 4.27. The number of hydrogen-bond acceptors (Lipinski definition) is 2. The van der Waals surface area contributed by atoms with Crippen LogP contribution in [-0.2, 0) is 11.0 Å². The van der Waals surface area contributed by atoms with Gasteiger partial charge in [0.2, 0.25) is 5.91 Å². The number of carbonyl (C=O) groups excluding carboxylic acids is 1. The standard InChI is InChI=1S/C15H19F3N2O/c1-14(2)8-5-9-19-12(14)13(21)20-11-7-4-3-6-10(11)15(16,17)18/h3-4,6-7,12,19H,5,8-9H2,1-2H3,(H,20,21). The summed E-state index contributed by atoms with van der Waals surface area (Å²) in [4.78, 5) is 12.3. The van der Waals surface area contributed by atoms with Crippen molar-refractivity contribution in [3.8, 4) is 0 Å². The molecule has 1 atom stereocenters. The smallest absolute Gasteiger partial charge is 0.324 e. The Labute approximate surface area is 121 Å². The van der Waals surface area contributed by atoms with Gasteiger partial charge < -0.3 is 10.6 Å². The highest BCUT2D eigenvalue weighted by molar-refractivity contribution is 5.96. The molecule has 1 fully saturated rings. The predicted molar refractivity (Wildman–Crippen MR) is 74.9 cm³/mol. The van der Waals surface area contributed by atoms with Gasteiger partial charge in [0, 0.05) is 0 Å². The lowest BCUT2D eigenvalue weighted by Gasteiger charge is -2.38. The Balaban J connectivity index is 2.20. The minimum absolute atomic E-state index is 0.196. The van der Waals surface area contributed by atoms with E-state index in [0.717, 1.165) is 18.9 Å². The molecule has 1 aromatic carbocycles. The molecule has 0 spiro atoms. The van der Waals surface area contributed by atoms with Gasteiger partial charge in [0.1, 0.15) is 0 Å². The summed E-state index contributed by atoms with van der Waals surface area (Å²) in [5, 5.41) is 5.52. The SMILES string of the molecule is CC1(C)CCCNC1C(=O)Nc1ccccc1C(F)(F)F. The third kappa shape index (κ3) is 3.56. The third-order valence-electron chi connectivity index (χ3n) is 3.88. The molecule has 0 saturated carbocycles. The van der Waals surface area contributed by atoms with Gasteiger partial charge in [-0.25, -0.2) is 0 Å². The minimum atomic E-state index is -4.49. The molecular weight excluding hydrogens is 281 g/mol. The van der Waals surface area contributed by atoms with Crippen molar-refractivity contribution in [2.24, 2.45) is 5.41 Å². The Morgan fingerprint density at radius 3 is 2.62 bits per heavy atom. The number of alkyl halides is 3. The quantitative estimate of drug-likeness (QED) is 0.878. The first-order valence-electron chi connectivity index (χ1n) is 6.92. The first kappa shape index (κ1) is 15.8. The van der Waals surface area contributed by atoms with E-state index < -0.39 is 23.7 Å². The van der Waals surface area contributed by atoms with E-state index in [4.69, 9.17) is 0 Å². The molecule has 0 radical (unpaired) electrons. The van der Waals surface area contributed by atoms with Crippen molar-refractivity contribution < 1.29 is 18.0 Å². The lowest BCUT2D eigenvalue weighted by atomic mass is 9.77. The minimum Gasteiger partial charge on any atom is -0.324 e. The predicted octanol–water partition coefficient (Wildman–Crippen LogP) is 3.42. The summed E-state index contributed by atoms with van der Waals surface area (Å²) in [5.74, 6) is -0.420. The van der Waals surface area contributed by atoms with Crippen molar-refractivity contribution in [2.75, 3.05) is 11.9 Å². The van der Waals surface area contributed by atoms with E-state index in [1.807, 2.05) is 13.8 Å². The van der Waals surface area contributed by atoms with Crippen LogP contribution in [-0.4, -0.2) is 18.5 Å². The Hall–Kier alpha value is -1.56. The molecule has 1 amide bonds. The highest BCUT2D eigenvalue weighted by Gasteiger charge is 2.38. The van der Waals surface area contributed by atoms with Crippen molar-refractivity contribution in [2.45, 2.75) is 38.9 Å². The van der Waals surface area contributed by atoms with Crippen LogP contribution in [0, 0.1) is 5.41 Å². The van der Waals surface area contributed by atoms with E-state index in [1.54, 1.807) is 0 Å². The zero-order valence-electron chi connectivity index (χ0n) is 12.1. The average molecular weight is 300 g/mol. The summed E-state index contributed by atoms with van der Waals surface area (Å²) in [5.41, 5.74) is -1.31. The summed E-state index contributed by atoms with van der Waals surface area (Å²) < 4.78 is 38.8. The molecule has 3 nitrogen and oxygen atoms in total. The van der Waals surface area contributed by atoms with Gasteiger partial charge in [-0.05, 0) is 36.9 Å². The fraction of sp³-hybridized carbons (Fsp3) is 0.533. The van der Waals surface area contributed by atoms with E-state index in [0.29, 0.717) is 6.54 Å². The highest BCUT2D eigenvalue weighted by Crippen LogP contribution is 2.35. The Bertz CT molecular complexity index is 526. The molecule has 1 unspecified atom stereocenters. The second-order valence-corrected chi connectivity index (χ2v) is 6.01. The summed E-state index contributed by atoms with van der Waals surface area (Å²) in [6.45, 7) is 4.58. The van der Waals surface area contributed by atoms with E-state index in [2.05, 4.69) is 10.6 Å². The molecule has 2 N–H and O–H groups in total. The molecule has 6 heteroatoms. The topological polar surface area (TPSA) is 41.1 Å². The zero-order valence-corrected chi connectivity index (χ0v) is 12.1. The molecule has 2 rings (SSSR count). The Morgan fingerprint density at radius 1 is 1.33 bits per heavy atom. The van der Waals surface area contributed by atoms with E-state index in [9.17, 15) is 18.0 Å². The highest BCUT2D eigenvalue weighted by atomic mass is 19.4. The molecule has 116 valence electrons. The number of benzene rings is 1. The first-order chi connectivity index (χ1) is 9.72. The number of halogens is 3. The van der Waals surface area contributed by atoms with Gasteiger partial charge in [0.15, 0.2) is 0 Å². The van der Waals surface area contributed by atoms with Gasteiger partial charge in [-0.15, -0.1) is 0 Å². The van der Waals surface area contributed by atoms with E-state index in [1.165, 1.54) is 18.2 Å². The largest absolute Gasteiger partial charge is 0.418 e. The van der Waals surface area contributed by atoms with Gasteiger partial charge >= 0.3 is 6.18 Å².